The molecule has 1 saturated heterocycles. The van der Waals surface area contributed by atoms with E-state index in [9.17, 15) is 18.0 Å². The summed E-state index contributed by atoms with van der Waals surface area (Å²) in [5.74, 6) is 7.04. The number of hydrogen-bond acceptors (Lipinski definition) is 7. The van der Waals surface area contributed by atoms with E-state index in [-0.39, 0.29) is 28.8 Å². The van der Waals surface area contributed by atoms with Gasteiger partial charge in [-0.05, 0) is 93.2 Å². The molecule has 3 aliphatic rings. The number of sulfonamides is 1. The largest absolute Gasteiger partial charge is 0.468 e. The summed E-state index contributed by atoms with van der Waals surface area (Å²) in [6.07, 6.45) is 6.57. The van der Waals surface area contributed by atoms with Crippen LogP contribution in [0.5, 0.6) is 0 Å². The summed E-state index contributed by atoms with van der Waals surface area (Å²) in [5, 5.41) is 3.07. The second-order valence-electron chi connectivity index (χ2n) is 11.7. The van der Waals surface area contributed by atoms with Crippen LogP contribution in [0.3, 0.4) is 0 Å². The van der Waals surface area contributed by atoms with Crippen LogP contribution < -0.4 is 10.0 Å². The molecule has 1 amide bonds. The molecule has 43 heavy (non-hydrogen) atoms. The second-order valence-corrected chi connectivity index (χ2v) is 13.4. The number of morpholine rings is 1. The standard InChI is InChI=1S/C33H41N3O6S/c1-34-31-21-30(17-14-26(31)9-8-25-6-4-24(5-7-25)3-2-19-42-23-37)43(39,40)35-29-15-12-28(13-16-29)33(38)36-18-20-41-22-32(36)27-10-11-27/h4-7,14,17,21,23,27-29,32,34-35H,2-3,10-13,15-16,18-20,22H2,1H3/t28-,29-,32-/m1/s1. The Labute approximate surface area is 254 Å². The van der Waals surface area contributed by atoms with Crippen molar-refractivity contribution in [2.24, 2.45) is 11.8 Å². The summed E-state index contributed by atoms with van der Waals surface area (Å²) >= 11 is 0. The summed E-state index contributed by atoms with van der Waals surface area (Å²) in [6.45, 7) is 2.75. The number of hydrogen-bond donors (Lipinski definition) is 2. The van der Waals surface area contributed by atoms with Gasteiger partial charge in [-0.3, -0.25) is 9.59 Å². The van der Waals surface area contributed by atoms with Crippen molar-refractivity contribution in [3.8, 4) is 11.8 Å². The number of nitrogens with zero attached hydrogens (tertiary/aromatic N) is 1. The molecule has 2 aromatic rings. The fourth-order valence-electron chi connectivity index (χ4n) is 6.06. The van der Waals surface area contributed by atoms with Gasteiger partial charge in [0.25, 0.3) is 6.47 Å². The summed E-state index contributed by atoms with van der Waals surface area (Å²) in [7, 11) is -2.00. The van der Waals surface area contributed by atoms with Crippen LogP contribution in [0.1, 0.15) is 61.6 Å². The van der Waals surface area contributed by atoms with Crippen molar-refractivity contribution in [1.82, 2.24) is 9.62 Å². The van der Waals surface area contributed by atoms with Gasteiger partial charge in [0.05, 0.1) is 36.4 Å². The topological polar surface area (TPSA) is 114 Å². The SMILES string of the molecule is CNc1cc(S(=O)(=O)N[C@H]2CC[C@H](C(=O)N3CCOC[C@@H]3C3CC3)CC2)ccc1C#Cc1ccc(CCCOC=O)cc1. The van der Waals surface area contributed by atoms with Gasteiger partial charge in [-0.1, -0.05) is 24.0 Å². The molecule has 2 aliphatic carbocycles. The van der Waals surface area contributed by atoms with Crippen LogP contribution in [-0.4, -0.2) is 71.2 Å². The molecule has 3 fully saturated rings. The summed E-state index contributed by atoms with van der Waals surface area (Å²) in [4.78, 5) is 25.8. The van der Waals surface area contributed by atoms with Gasteiger partial charge < -0.3 is 19.7 Å². The third-order valence-electron chi connectivity index (χ3n) is 8.67. The minimum atomic E-state index is -3.74. The van der Waals surface area contributed by atoms with Crippen molar-refractivity contribution in [2.45, 2.75) is 68.3 Å². The van der Waals surface area contributed by atoms with Crippen molar-refractivity contribution in [2.75, 3.05) is 38.7 Å². The average molecular weight is 608 g/mol. The predicted molar refractivity (Wildman–Crippen MR) is 164 cm³/mol. The van der Waals surface area contributed by atoms with Crippen LogP contribution >= 0.6 is 0 Å². The first-order valence-corrected chi connectivity index (χ1v) is 16.7. The van der Waals surface area contributed by atoms with E-state index in [0.29, 0.717) is 75.7 Å². The van der Waals surface area contributed by atoms with Crippen LogP contribution in [0.4, 0.5) is 5.69 Å². The lowest BCUT2D eigenvalue weighted by atomic mass is 9.85. The highest BCUT2D eigenvalue weighted by molar-refractivity contribution is 7.89. The molecular weight excluding hydrogens is 566 g/mol. The Balaban J connectivity index is 1.16. The Morgan fingerprint density at radius 1 is 1.07 bits per heavy atom. The first kappa shape index (κ1) is 31.0. The molecule has 10 heteroatoms. The Morgan fingerprint density at radius 2 is 1.84 bits per heavy atom. The number of benzene rings is 2. The monoisotopic (exact) mass is 607 g/mol. The number of carbonyl (C=O) groups excluding carboxylic acids is 2. The Hall–Kier alpha value is -3.39. The van der Waals surface area contributed by atoms with Crippen LogP contribution in [0, 0.1) is 23.7 Å². The maximum absolute atomic E-state index is 13.3. The minimum absolute atomic E-state index is 0.0481. The highest BCUT2D eigenvalue weighted by atomic mass is 32.2. The van der Waals surface area contributed by atoms with E-state index in [0.717, 1.165) is 24.0 Å². The van der Waals surface area contributed by atoms with Gasteiger partial charge in [0.15, 0.2) is 0 Å². The molecule has 0 aromatic heterocycles. The molecule has 0 radical (unpaired) electrons. The molecule has 0 spiro atoms. The van der Waals surface area contributed by atoms with Gasteiger partial charge >= 0.3 is 0 Å². The molecule has 2 N–H and O–H groups in total. The lowest BCUT2D eigenvalue weighted by molar-refractivity contribution is -0.146. The maximum atomic E-state index is 13.3. The van der Waals surface area contributed by atoms with Crippen molar-refractivity contribution in [3.63, 3.8) is 0 Å². The number of nitrogens with one attached hydrogen (secondary N) is 2. The van der Waals surface area contributed by atoms with Gasteiger partial charge in [0.2, 0.25) is 15.9 Å². The van der Waals surface area contributed by atoms with Crippen LogP contribution in [0.15, 0.2) is 47.4 Å². The number of ether oxygens (including phenoxy) is 2. The molecule has 5 rings (SSSR count). The Bertz CT molecular complexity index is 1440. The fourth-order valence-corrected chi connectivity index (χ4v) is 7.39. The van der Waals surface area contributed by atoms with E-state index in [1.165, 1.54) is 12.8 Å². The highest BCUT2D eigenvalue weighted by Crippen LogP contribution is 2.38. The normalized spacial score (nSPS) is 22.3. The van der Waals surface area contributed by atoms with Gasteiger partial charge in [0, 0.05) is 36.7 Å². The molecule has 9 nitrogen and oxygen atoms in total. The third kappa shape index (κ3) is 8.17. The lowest BCUT2D eigenvalue weighted by Crippen LogP contribution is -2.52. The van der Waals surface area contributed by atoms with Crippen LogP contribution in [0.2, 0.25) is 0 Å². The van der Waals surface area contributed by atoms with E-state index in [4.69, 9.17) is 9.47 Å². The van der Waals surface area contributed by atoms with Gasteiger partial charge in [-0.25, -0.2) is 13.1 Å². The zero-order chi connectivity index (χ0) is 30.2. The maximum Gasteiger partial charge on any atom is 0.293 e. The van der Waals surface area contributed by atoms with E-state index >= 15 is 0 Å². The molecule has 2 saturated carbocycles. The van der Waals surface area contributed by atoms with Gasteiger partial charge in [-0.2, -0.15) is 0 Å². The lowest BCUT2D eigenvalue weighted by Gasteiger charge is -2.39. The molecule has 0 bridgehead atoms. The molecule has 1 aliphatic heterocycles. The summed E-state index contributed by atoms with van der Waals surface area (Å²) in [5.41, 5.74) is 3.31. The quantitative estimate of drug-likeness (QED) is 0.228. The van der Waals surface area contributed by atoms with E-state index in [2.05, 4.69) is 21.9 Å². The number of aryl methyl sites for hydroxylation is 1. The smallest absolute Gasteiger partial charge is 0.293 e. The number of amides is 1. The molecule has 1 atom stereocenters. The van der Waals surface area contributed by atoms with Crippen molar-refractivity contribution >= 4 is 28.1 Å². The van der Waals surface area contributed by atoms with E-state index in [1.807, 2.05) is 29.2 Å². The molecule has 2 aromatic carbocycles. The zero-order valence-corrected chi connectivity index (χ0v) is 25.5. The van der Waals surface area contributed by atoms with Crippen LogP contribution in [-0.2, 0) is 35.5 Å². The van der Waals surface area contributed by atoms with Crippen molar-refractivity contribution < 1.29 is 27.5 Å². The van der Waals surface area contributed by atoms with Crippen molar-refractivity contribution in [3.05, 3.63) is 59.2 Å². The zero-order valence-electron chi connectivity index (χ0n) is 24.7. The van der Waals surface area contributed by atoms with E-state index in [1.54, 1.807) is 25.2 Å². The Morgan fingerprint density at radius 3 is 2.53 bits per heavy atom. The number of rotatable bonds is 11. The van der Waals surface area contributed by atoms with Gasteiger partial charge in [-0.15, -0.1) is 0 Å². The Kier molecular flexibility index (Phi) is 10.4. The van der Waals surface area contributed by atoms with Crippen LogP contribution in [0.25, 0.3) is 0 Å². The molecule has 230 valence electrons. The molecular formula is C33H41N3O6S. The third-order valence-corrected chi connectivity index (χ3v) is 10.2. The summed E-state index contributed by atoms with van der Waals surface area (Å²) < 4.78 is 39.9. The van der Waals surface area contributed by atoms with E-state index < -0.39 is 10.0 Å². The number of anilines is 1. The average Bonchev–Trinajstić information content (AvgIpc) is 3.88. The molecule has 1 heterocycles. The predicted octanol–water partition coefficient (Wildman–Crippen LogP) is 3.71. The highest BCUT2D eigenvalue weighted by Gasteiger charge is 2.41. The van der Waals surface area contributed by atoms with Crippen molar-refractivity contribution in [1.29, 1.82) is 0 Å². The minimum Gasteiger partial charge on any atom is -0.468 e. The second kappa shape index (κ2) is 14.4. The summed E-state index contributed by atoms with van der Waals surface area (Å²) in [6, 6.07) is 12.8. The first-order chi connectivity index (χ1) is 20.9. The fraction of sp³-hybridized carbons (Fsp3) is 0.515. The molecule has 0 unspecified atom stereocenters. The first-order valence-electron chi connectivity index (χ1n) is 15.3. The number of carbonyl (C=O) groups is 2. The van der Waals surface area contributed by atoms with Gasteiger partial charge in [0.1, 0.15) is 0 Å².